The highest BCUT2D eigenvalue weighted by molar-refractivity contribution is 7.93. The Bertz CT molecular complexity index is 707. The summed E-state index contributed by atoms with van der Waals surface area (Å²) in [5.74, 6) is 0.122. The van der Waals surface area contributed by atoms with E-state index in [1.807, 2.05) is 30.3 Å². The maximum atomic E-state index is 12.3. The Kier molecular flexibility index (Phi) is 4.73. The number of hydrogen-bond acceptors (Lipinski definition) is 6. The molecule has 7 heteroatoms. The van der Waals surface area contributed by atoms with Gasteiger partial charge in [0.25, 0.3) is 0 Å². The summed E-state index contributed by atoms with van der Waals surface area (Å²) in [4.78, 5) is 2.11. The van der Waals surface area contributed by atoms with Crippen LogP contribution in [0, 0.1) is 0 Å². The number of nitrogens with zero attached hydrogens (tertiary/aromatic N) is 3. The summed E-state index contributed by atoms with van der Waals surface area (Å²) < 4.78 is 24.8. The third-order valence-corrected chi connectivity index (χ3v) is 6.99. The average molecular weight is 337 g/mol. The van der Waals surface area contributed by atoms with Gasteiger partial charge in [-0.3, -0.25) is 0 Å². The monoisotopic (exact) mass is 337 g/mol. The van der Waals surface area contributed by atoms with Gasteiger partial charge in [0.15, 0.2) is 0 Å². The number of aromatic nitrogens is 2. The van der Waals surface area contributed by atoms with Gasteiger partial charge in [0.05, 0.1) is 5.75 Å². The molecule has 1 aromatic carbocycles. The summed E-state index contributed by atoms with van der Waals surface area (Å²) in [6.45, 7) is 1.89. The van der Waals surface area contributed by atoms with Gasteiger partial charge in [-0.1, -0.05) is 41.7 Å². The molecule has 118 valence electrons. The van der Waals surface area contributed by atoms with Crippen LogP contribution in [0.1, 0.15) is 24.8 Å². The van der Waals surface area contributed by atoms with E-state index < -0.39 is 9.84 Å². The maximum absolute atomic E-state index is 12.3. The zero-order chi connectivity index (χ0) is 15.4. The molecule has 1 fully saturated rings. The minimum Gasteiger partial charge on any atom is -0.347 e. The fraction of sp³-hybridized carbons (Fsp3) is 0.467. The molecule has 0 N–H and O–H groups in total. The van der Waals surface area contributed by atoms with E-state index in [-0.39, 0.29) is 10.1 Å². The average Bonchev–Trinajstić information content (AvgIpc) is 3.19. The van der Waals surface area contributed by atoms with Gasteiger partial charge in [0, 0.05) is 13.1 Å². The molecule has 1 aliphatic heterocycles. The predicted octanol–water partition coefficient (Wildman–Crippen LogP) is 2.54. The zero-order valence-corrected chi connectivity index (χ0v) is 13.9. The van der Waals surface area contributed by atoms with Crippen molar-refractivity contribution >= 4 is 26.3 Å². The normalized spacial score (nSPS) is 15.4. The first-order chi connectivity index (χ1) is 10.6. The summed E-state index contributed by atoms with van der Waals surface area (Å²) in [5, 5.41) is 8.68. The molecule has 0 radical (unpaired) electrons. The van der Waals surface area contributed by atoms with Crippen LogP contribution in [-0.4, -0.2) is 37.5 Å². The maximum Gasteiger partial charge on any atom is 0.234 e. The van der Waals surface area contributed by atoms with Crippen molar-refractivity contribution in [2.45, 2.75) is 30.0 Å². The smallest absolute Gasteiger partial charge is 0.234 e. The molecule has 0 saturated carbocycles. The summed E-state index contributed by atoms with van der Waals surface area (Å²) in [7, 11) is -3.32. The molecular weight excluding hydrogens is 318 g/mol. The highest BCUT2D eigenvalue weighted by Gasteiger charge is 2.23. The standard InChI is InChI=1S/C15H19N3O2S2/c19-22(20,12-6-9-13-7-2-1-3-8-13)15-17-16-14(21-15)18-10-4-5-11-18/h1-3,7-8H,4-6,9-12H2. The molecule has 1 saturated heterocycles. The van der Waals surface area contributed by atoms with Crippen LogP contribution in [0.5, 0.6) is 0 Å². The van der Waals surface area contributed by atoms with E-state index in [1.165, 1.54) is 11.3 Å². The third-order valence-electron chi connectivity index (χ3n) is 3.76. The number of rotatable bonds is 6. The molecule has 5 nitrogen and oxygen atoms in total. The van der Waals surface area contributed by atoms with Crippen molar-refractivity contribution in [2.75, 3.05) is 23.7 Å². The summed E-state index contributed by atoms with van der Waals surface area (Å²) in [6, 6.07) is 9.93. The van der Waals surface area contributed by atoms with Crippen molar-refractivity contribution in [3.05, 3.63) is 35.9 Å². The highest BCUT2D eigenvalue weighted by atomic mass is 32.2. The van der Waals surface area contributed by atoms with Crippen LogP contribution in [0.25, 0.3) is 0 Å². The Hall–Kier alpha value is -1.47. The van der Waals surface area contributed by atoms with Crippen LogP contribution < -0.4 is 4.90 Å². The Morgan fingerprint density at radius 2 is 1.82 bits per heavy atom. The summed E-state index contributed by atoms with van der Waals surface area (Å²) in [5.41, 5.74) is 1.16. The highest BCUT2D eigenvalue weighted by Crippen LogP contribution is 2.27. The molecule has 0 aliphatic carbocycles. The number of sulfone groups is 1. The second kappa shape index (κ2) is 6.75. The number of benzene rings is 1. The van der Waals surface area contributed by atoms with Gasteiger partial charge in [-0.15, -0.1) is 10.2 Å². The van der Waals surface area contributed by atoms with Gasteiger partial charge in [-0.25, -0.2) is 8.42 Å². The first-order valence-electron chi connectivity index (χ1n) is 7.50. The van der Waals surface area contributed by atoms with Gasteiger partial charge in [-0.05, 0) is 31.2 Å². The van der Waals surface area contributed by atoms with Gasteiger partial charge in [0.1, 0.15) is 0 Å². The lowest BCUT2D eigenvalue weighted by Gasteiger charge is -2.10. The zero-order valence-electron chi connectivity index (χ0n) is 12.3. The van der Waals surface area contributed by atoms with Crippen LogP contribution in [0.15, 0.2) is 34.7 Å². The molecule has 1 aromatic heterocycles. The van der Waals surface area contributed by atoms with E-state index in [1.54, 1.807) is 0 Å². The minimum absolute atomic E-state index is 0.122. The van der Waals surface area contributed by atoms with Crippen molar-refractivity contribution in [1.82, 2.24) is 10.2 Å². The molecule has 0 unspecified atom stereocenters. The largest absolute Gasteiger partial charge is 0.347 e. The van der Waals surface area contributed by atoms with Gasteiger partial charge in [0.2, 0.25) is 19.3 Å². The fourth-order valence-electron chi connectivity index (χ4n) is 2.56. The summed E-state index contributed by atoms with van der Waals surface area (Å²) >= 11 is 1.20. The third kappa shape index (κ3) is 3.64. The van der Waals surface area contributed by atoms with Crippen molar-refractivity contribution in [2.24, 2.45) is 0 Å². The lowest BCUT2D eigenvalue weighted by atomic mass is 10.1. The fourth-order valence-corrected chi connectivity index (χ4v) is 5.04. The molecule has 2 heterocycles. The van der Waals surface area contributed by atoms with Crippen LogP contribution in [-0.2, 0) is 16.3 Å². The molecule has 3 rings (SSSR count). The molecule has 1 aliphatic rings. The number of aryl methyl sites for hydroxylation is 1. The van der Waals surface area contributed by atoms with E-state index in [0.29, 0.717) is 6.42 Å². The van der Waals surface area contributed by atoms with Crippen LogP contribution in [0.4, 0.5) is 5.13 Å². The first-order valence-corrected chi connectivity index (χ1v) is 9.97. The quantitative estimate of drug-likeness (QED) is 0.810. The molecule has 0 amide bonds. The number of hydrogen-bond donors (Lipinski definition) is 0. The molecule has 2 aromatic rings. The van der Waals surface area contributed by atoms with Crippen LogP contribution >= 0.6 is 11.3 Å². The Balaban J connectivity index is 1.60. The molecule has 0 atom stereocenters. The molecule has 0 spiro atoms. The Morgan fingerprint density at radius 3 is 2.55 bits per heavy atom. The van der Waals surface area contributed by atoms with Gasteiger partial charge < -0.3 is 4.90 Å². The first kappa shape index (κ1) is 15.4. The van der Waals surface area contributed by atoms with E-state index in [9.17, 15) is 8.42 Å². The second-order valence-corrected chi connectivity index (χ2v) is 8.69. The SMILES string of the molecule is O=S(=O)(CCCc1ccccc1)c1nnc(N2CCCC2)s1. The molecular formula is C15H19N3O2S2. The van der Waals surface area contributed by atoms with Crippen molar-refractivity contribution in [3.63, 3.8) is 0 Å². The van der Waals surface area contributed by atoms with E-state index in [0.717, 1.165) is 43.0 Å². The van der Waals surface area contributed by atoms with Gasteiger partial charge in [-0.2, -0.15) is 0 Å². The van der Waals surface area contributed by atoms with Crippen LogP contribution in [0.3, 0.4) is 0 Å². The van der Waals surface area contributed by atoms with E-state index in [2.05, 4.69) is 15.1 Å². The van der Waals surface area contributed by atoms with E-state index in [4.69, 9.17) is 0 Å². The minimum atomic E-state index is -3.32. The number of anilines is 1. The lowest BCUT2D eigenvalue weighted by molar-refractivity contribution is 0.591. The van der Waals surface area contributed by atoms with Crippen molar-refractivity contribution < 1.29 is 8.42 Å². The van der Waals surface area contributed by atoms with Gasteiger partial charge >= 0.3 is 0 Å². The Labute approximate surface area is 134 Å². The molecule has 0 bridgehead atoms. The summed E-state index contributed by atoms with van der Waals surface area (Å²) in [6.07, 6.45) is 3.64. The molecule has 22 heavy (non-hydrogen) atoms. The lowest BCUT2D eigenvalue weighted by Crippen LogP contribution is -2.17. The Morgan fingerprint density at radius 1 is 1.09 bits per heavy atom. The van der Waals surface area contributed by atoms with Crippen LogP contribution in [0.2, 0.25) is 0 Å². The predicted molar refractivity (Wildman–Crippen MR) is 88.2 cm³/mol. The van der Waals surface area contributed by atoms with E-state index >= 15 is 0 Å². The topological polar surface area (TPSA) is 63.2 Å². The van der Waals surface area contributed by atoms with Crippen molar-refractivity contribution in [3.8, 4) is 0 Å². The second-order valence-electron chi connectivity index (χ2n) is 5.45. The van der Waals surface area contributed by atoms with Crippen molar-refractivity contribution in [1.29, 1.82) is 0 Å².